The SMILES string of the molecule is CCOc1ccccc1OC(=O)C(NC(=O)c1ccccc1)C(C)C. The first-order valence-corrected chi connectivity index (χ1v) is 8.32. The second kappa shape index (κ2) is 8.87. The van der Waals surface area contributed by atoms with E-state index in [2.05, 4.69) is 5.32 Å². The van der Waals surface area contributed by atoms with E-state index >= 15 is 0 Å². The van der Waals surface area contributed by atoms with E-state index in [0.717, 1.165) is 0 Å². The van der Waals surface area contributed by atoms with E-state index in [-0.39, 0.29) is 11.8 Å². The van der Waals surface area contributed by atoms with Crippen LogP contribution in [0.3, 0.4) is 0 Å². The lowest BCUT2D eigenvalue weighted by atomic mass is 10.0. The fraction of sp³-hybridized carbons (Fsp3) is 0.300. The number of carbonyl (C=O) groups excluding carboxylic acids is 2. The highest BCUT2D eigenvalue weighted by Crippen LogP contribution is 2.27. The average molecular weight is 341 g/mol. The Labute approximate surface area is 148 Å². The van der Waals surface area contributed by atoms with Gasteiger partial charge in [0.2, 0.25) is 0 Å². The van der Waals surface area contributed by atoms with Crippen molar-refractivity contribution in [1.29, 1.82) is 0 Å². The first kappa shape index (κ1) is 18.5. The lowest BCUT2D eigenvalue weighted by molar-refractivity contribution is -0.137. The number of hydrogen-bond acceptors (Lipinski definition) is 4. The number of amides is 1. The largest absolute Gasteiger partial charge is 0.490 e. The van der Waals surface area contributed by atoms with E-state index in [0.29, 0.717) is 23.7 Å². The van der Waals surface area contributed by atoms with E-state index in [4.69, 9.17) is 9.47 Å². The molecule has 0 radical (unpaired) electrons. The molecule has 0 spiro atoms. The third kappa shape index (κ3) is 5.08. The molecule has 1 unspecified atom stereocenters. The van der Waals surface area contributed by atoms with Crippen molar-refractivity contribution >= 4 is 11.9 Å². The van der Waals surface area contributed by atoms with Crippen molar-refractivity contribution in [2.75, 3.05) is 6.61 Å². The lowest BCUT2D eigenvalue weighted by Crippen LogP contribution is -2.46. The zero-order valence-corrected chi connectivity index (χ0v) is 14.7. The van der Waals surface area contributed by atoms with Gasteiger partial charge in [-0.3, -0.25) is 4.79 Å². The molecule has 2 rings (SSSR count). The standard InChI is InChI=1S/C20H23NO4/c1-4-24-16-12-8-9-13-17(16)25-20(23)18(14(2)3)21-19(22)15-10-6-5-7-11-15/h5-14,18H,4H2,1-3H3,(H,21,22). The van der Waals surface area contributed by atoms with Gasteiger partial charge < -0.3 is 14.8 Å². The first-order valence-electron chi connectivity index (χ1n) is 8.32. The monoisotopic (exact) mass is 341 g/mol. The van der Waals surface area contributed by atoms with E-state index < -0.39 is 12.0 Å². The molecule has 0 aliphatic carbocycles. The van der Waals surface area contributed by atoms with Gasteiger partial charge in [-0.15, -0.1) is 0 Å². The zero-order valence-electron chi connectivity index (χ0n) is 14.7. The molecular weight excluding hydrogens is 318 g/mol. The highest BCUT2D eigenvalue weighted by atomic mass is 16.6. The lowest BCUT2D eigenvalue weighted by Gasteiger charge is -2.21. The summed E-state index contributed by atoms with van der Waals surface area (Å²) in [6.07, 6.45) is 0. The Kier molecular flexibility index (Phi) is 6.57. The molecule has 0 aliphatic heterocycles. The number of para-hydroxylation sites is 2. The van der Waals surface area contributed by atoms with Gasteiger partial charge in [0.25, 0.3) is 5.91 Å². The van der Waals surface area contributed by atoms with Crippen molar-refractivity contribution in [3.63, 3.8) is 0 Å². The summed E-state index contributed by atoms with van der Waals surface area (Å²) in [6.45, 7) is 6.03. The first-order chi connectivity index (χ1) is 12.0. The van der Waals surface area contributed by atoms with E-state index in [1.807, 2.05) is 26.8 Å². The smallest absolute Gasteiger partial charge is 0.334 e. The maximum atomic E-state index is 12.6. The van der Waals surface area contributed by atoms with E-state index in [1.165, 1.54) is 0 Å². The van der Waals surface area contributed by atoms with Crippen LogP contribution in [0, 0.1) is 5.92 Å². The Bertz CT molecular complexity index is 713. The third-order valence-electron chi connectivity index (χ3n) is 3.60. The van der Waals surface area contributed by atoms with Crippen molar-refractivity contribution in [2.24, 2.45) is 5.92 Å². The van der Waals surface area contributed by atoms with Crippen molar-refractivity contribution in [3.8, 4) is 11.5 Å². The Morgan fingerprint density at radius 3 is 2.16 bits per heavy atom. The van der Waals surface area contributed by atoms with E-state index in [9.17, 15) is 9.59 Å². The van der Waals surface area contributed by atoms with Crippen LogP contribution in [-0.4, -0.2) is 24.5 Å². The van der Waals surface area contributed by atoms with Crippen LogP contribution in [0.5, 0.6) is 11.5 Å². The maximum absolute atomic E-state index is 12.6. The summed E-state index contributed by atoms with van der Waals surface area (Å²) in [5.74, 6) is -0.121. The van der Waals surface area contributed by atoms with Crippen LogP contribution in [0.15, 0.2) is 54.6 Å². The molecule has 1 N–H and O–H groups in total. The molecule has 25 heavy (non-hydrogen) atoms. The molecule has 1 amide bonds. The summed E-state index contributed by atoms with van der Waals surface area (Å²) in [5, 5.41) is 2.75. The van der Waals surface area contributed by atoms with Gasteiger partial charge in [-0.2, -0.15) is 0 Å². The molecule has 5 heteroatoms. The average Bonchev–Trinajstić information content (AvgIpc) is 2.61. The maximum Gasteiger partial charge on any atom is 0.334 e. The number of benzene rings is 2. The number of nitrogens with one attached hydrogen (secondary N) is 1. The van der Waals surface area contributed by atoms with Gasteiger partial charge in [0.1, 0.15) is 6.04 Å². The topological polar surface area (TPSA) is 64.6 Å². The predicted octanol–water partition coefficient (Wildman–Crippen LogP) is 3.45. The Morgan fingerprint density at radius 2 is 1.56 bits per heavy atom. The summed E-state index contributed by atoms with van der Waals surface area (Å²) < 4.78 is 10.9. The summed E-state index contributed by atoms with van der Waals surface area (Å²) in [5.41, 5.74) is 0.496. The van der Waals surface area contributed by atoms with Crippen LogP contribution in [0.4, 0.5) is 0 Å². The minimum atomic E-state index is -0.762. The van der Waals surface area contributed by atoms with Crippen LogP contribution >= 0.6 is 0 Å². The number of carbonyl (C=O) groups is 2. The molecule has 0 bridgehead atoms. The minimum absolute atomic E-state index is 0.126. The fourth-order valence-electron chi connectivity index (χ4n) is 2.29. The van der Waals surface area contributed by atoms with Gasteiger partial charge in [-0.05, 0) is 37.1 Å². The van der Waals surface area contributed by atoms with Gasteiger partial charge in [0, 0.05) is 5.56 Å². The van der Waals surface area contributed by atoms with Gasteiger partial charge >= 0.3 is 5.97 Å². The molecule has 5 nitrogen and oxygen atoms in total. The highest BCUT2D eigenvalue weighted by Gasteiger charge is 2.27. The Morgan fingerprint density at radius 1 is 0.960 bits per heavy atom. The number of hydrogen-bond donors (Lipinski definition) is 1. The molecule has 1 atom stereocenters. The molecular formula is C20H23NO4. The summed E-state index contributed by atoms with van der Waals surface area (Å²) in [7, 11) is 0. The molecule has 0 saturated carbocycles. The normalized spacial score (nSPS) is 11.7. The van der Waals surface area contributed by atoms with Gasteiger partial charge in [-0.1, -0.05) is 44.2 Å². The minimum Gasteiger partial charge on any atom is -0.490 e. The van der Waals surface area contributed by atoms with Gasteiger partial charge in [0.15, 0.2) is 11.5 Å². The van der Waals surface area contributed by atoms with E-state index in [1.54, 1.807) is 48.5 Å². The summed E-state index contributed by atoms with van der Waals surface area (Å²) in [6, 6.07) is 15.0. The van der Waals surface area contributed by atoms with Gasteiger partial charge in [0.05, 0.1) is 6.61 Å². The molecule has 0 aromatic heterocycles. The summed E-state index contributed by atoms with van der Waals surface area (Å²) in [4.78, 5) is 24.9. The molecule has 2 aromatic carbocycles. The van der Waals surface area contributed by atoms with Crippen molar-refractivity contribution in [3.05, 3.63) is 60.2 Å². The molecule has 2 aromatic rings. The number of rotatable bonds is 7. The van der Waals surface area contributed by atoms with Crippen molar-refractivity contribution in [2.45, 2.75) is 26.8 Å². The molecule has 132 valence electrons. The van der Waals surface area contributed by atoms with Crippen LogP contribution < -0.4 is 14.8 Å². The Balaban J connectivity index is 2.12. The molecule has 0 fully saturated rings. The van der Waals surface area contributed by atoms with Crippen LogP contribution in [0.2, 0.25) is 0 Å². The van der Waals surface area contributed by atoms with Crippen molar-refractivity contribution < 1.29 is 19.1 Å². The highest BCUT2D eigenvalue weighted by molar-refractivity contribution is 5.97. The predicted molar refractivity (Wildman–Crippen MR) is 95.8 cm³/mol. The third-order valence-corrected chi connectivity index (χ3v) is 3.60. The molecule has 0 aliphatic rings. The quantitative estimate of drug-likeness (QED) is 0.619. The Hall–Kier alpha value is -2.82. The molecule has 0 heterocycles. The second-order valence-electron chi connectivity index (χ2n) is 5.86. The molecule has 0 saturated heterocycles. The zero-order chi connectivity index (χ0) is 18.2. The number of ether oxygens (including phenoxy) is 2. The number of esters is 1. The van der Waals surface area contributed by atoms with Crippen LogP contribution in [0.1, 0.15) is 31.1 Å². The van der Waals surface area contributed by atoms with Crippen LogP contribution in [-0.2, 0) is 4.79 Å². The van der Waals surface area contributed by atoms with Crippen LogP contribution in [0.25, 0.3) is 0 Å². The van der Waals surface area contributed by atoms with Gasteiger partial charge in [-0.25, -0.2) is 4.79 Å². The second-order valence-corrected chi connectivity index (χ2v) is 5.86. The summed E-state index contributed by atoms with van der Waals surface area (Å²) >= 11 is 0. The fourth-order valence-corrected chi connectivity index (χ4v) is 2.29. The van der Waals surface area contributed by atoms with Crippen molar-refractivity contribution in [1.82, 2.24) is 5.32 Å².